The Morgan fingerprint density at radius 3 is 2.63 bits per heavy atom. The van der Waals surface area contributed by atoms with Gasteiger partial charge in [-0.05, 0) is 24.3 Å². The zero-order valence-corrected chi connectivity index (χ0v) is 12.8. The summed E-state index contributed by atoms with van der Waals surface area (Å²) in [5.74, 6) is -0.631. The van der Waals surface area contributed by atoms with E-state index < -0.39 is 5.97 Å². The van der Waals surface area contributed by atoms with Crippen molar-refractivity contribution >= 4 is 23.5 Å². The van der Waals surface area contributed by atoms with Crippen LogP contribution in [0.25, 0.3) is 0 Å². The van der Waals surface area contributed by atoms with Gasteiger partial charge in [-0.3, -0.25) is 9.59 Å². The lowest BCUT2D eigenvalue weighted by molar-refractivity contribution is -0.134. The van der Waals surface area contributed by atoms with E-state index in [0.29, 0.717) is 6.42 Å². The number of hydrogen-bond donors (Lipinski definition) is 1. The number of carbonyl (C=O) groups excluding carboxylic acids is 1. The third kappa shape index (κ3) is 4.53. The minimum atomic E-state index is -0.833. The van der Waals surface area contributed by atoms with Crippen LogP contribution in [0.15, 0.2) is 23.3 Å². The highest BCUT2D eigenvalue weighted by molar-refractivity contribution is 8.00. The normalized spacial score (nSPS) is 19.4. The minimum Gasteiger partial charge on any atom is -0.481 e. The molecule has 0 aromatic carbocycles. The molecule has 0 saturated heterocycles. The van der Waals surface area contributed by atoms with Crippen molar-refractivity contribution < 1.29 is 14.7 Å². The van der Waals surface area contributed by atoms with E-state index in [1.165, 1.54) is 11.8 Å². The number of thioether (sulfide) groups is 1. The number of aliphatic carboxylic acids is 1. The van der Waals surface area contributed by atoms with Crippen LogP contribution in [0.5, 0.6) is 0 Å². The van der Waals surface area contributed by atoms with E-state index in [1.54, 1.807) is 0 Å². The molecule has 0 saturated carbocycles. The van der Waals surface area contributed by atoms with Crippen LogP contribution in [0.4, 0.5) is 0 Å². The zero-order chi connectivity index (χ0) is 14.6. The van der Waals surface area contributed by atoms with Gasteiger partial charge in [-0.15, -0.1) is 11.8 Å². The van der Waals surface area contributed by atoms with Gasteiger partial charge < -0.3 is 5.11 Å². The van der Waals surface area contributed by atoms with E-state index >= 15 is 0 Å². The fraction of sp³-hybridized carbons (Fsp3) is 0.600. The molecule has 0 aliphatic heterocycles. The van der Waals surface area contributed by atoms with Gasteiger partial charge in [0.25, 0.3) is 0 Å². The molecule has 1 rings (SSSR count). The Morgan fingerprint density at radius 2 is 2.11 bits per heavy atom. The maximum Gasteiger partial charge on any atom is 0.313 e. The van der Waals surface area contributed by atoms with Crippen molar-refractivity contribution in [2.75, 3.05) is 5.75 Å². The highest BCUT2D eigenvalue weighted by atomic mass is 32.2. The molecule has 0 aromatic heterocycles. The minimum absolute atomic E-state index is 0.0330. The molecule has 0 amide bonds. The SMILES string of the molecule is CC1=C(C(=O)CC(C)SCC(=O)O)C(C)(C)CC=C1. The molecular formula is C15H22O3S. The standard InChI is InChI=1S/C15H22O3S/c1-10-6-5-7-15(3,4)14(10)12(16)8-11(2)19-9-13(17)18/h5-6,11H,7-9H2,1-4H3,(H,17,18). The van der Waals surface area contributed by atoms with E-state index in [4.69, 9.17) is 5.11 Å². The predicted molar refractivity (Wildman–Crippen MR) is 79.4 cm³/mol. The quantitative estimate of drug-likeness (QED) is 0.810. The maximum atomic E-state index is 12.4. The Bertz CT molecular complexity index is 433. The van der Waals surface area contributed by atoms with Gasteiger partial charge in [0.1, 0.15) is 0 Å². The van der Waals surface area contributed by atoms with Gasteiger partial charge in [-0.1, -0.05) is 32.9 Å². The fourth-order valence-corrected chi connectivity index (χ4v) is 3.18. The van der Waals surface area contributed by atoms with E-state index in [-0.39, 0.29) is 22.2 Å². The number of allylic oxidation sites excluding steroid dienone is 4. The molecule has 1 unspecified atom stereocenters. The van der Waals surface area contributed by atoms with Crippen LogP contribution < -0.4 is 0 Å². The molecular weight excluding hydrogens is 260 g/mol. The van der Waals surface area contributed by atoms with Crippen LogP contribution >= 0.6 is 11.8 Å². The first-order chi connectivity index (χ1) is 8.74. The van der Waals surface area contributed by atoms with Gasteiger partial charge in [0.05, 0.1) is 5.75 Å². The average Bonchev–Trinajstić information content (AvgIpc) is 2.24. The van der Waals surface area contributed by atoms with Crippen molar-refractivity contribution in [3.8, 4) is 0 Å². The number of hydrogen-bond acceptors (Lipinski definition) is 3. The molecule has 0 bridgehead atoms. The highest BCUT2D eigenvalue weighted by Gasteiger charge is 2.31. The summed E-state index contributed by atoms with van der Waals surface area (Å²) in [6, 6.07) is 0. The second kappa shape index (κ2) is 6.42. The lowest BCUT2D eigenvalue weighted by Gasteiger charge is -2.31. The summed E-state index contributed by atoms with van der Waals surface area (Å²) < 4.78 is 0. The second-order valence-corrected chi connectivity index (χ2v) is 7.12. The lowest BCUT2D eigenvalue weighted by atomic mass is 9.73. The summed E-state index contributed by atoms with van der Waals surface area (Å²) in [4.78, 5) is 22.9. The van der Waals surface area contributed by atoms with Crippen molar-refractivity contribution in [1.82, 2.24) is 0 Å². The van der Waals surface area contributed by atoms with Crippen LogP contribution in [0.3, 0.4) is 0 Å². The monoisotopic (exact) mass is 282 g/mol. The number of rotatable bonds is 6. The molecule has 0 radical (unpaired) electrons. The fourth-order valence-electron chi connectivity index (χ4n) is 2.48. The molecule has 19 heavy (non-hydrogen) atoms. The van der Waals surface area contributed by atoms with Crippen LogP contribution in [0.1, 0.15) is 40.5 Å². The second-order valence-electron chi connectivity index (χ2n) is 5.69. The van der Waals surface area contributed by atoms with Crippen LogP contribution in [0.2, 0.25) is 0 Å². The zero-order valence-electron chi connectivity index (χ0n) is 12.0. The molecule has 0 fully saturated rings. The Morgan fingerprint density at radius 1 is 1.47 bits per heavy atom. The molecule has 4 heteroatoms. The van der Waals surface area contributed by atoms with Crippen molar-refractivity contribution in [2.45, 2.75) is 45.8 Å². The maximum absolute atomic E-state index is 12.4. The highest BCUT2D eigenvalue weighted by Crippen LogP contribution is 2.38. The molecule has 1 N–H and O–H groups in total. The number of Topliss-reactive ketones (excluding diaryl/α,β-unsaturated/α-hetero) is 1. The van der Waals surface area contributed by atoms with Crippen LogP contribution in [0, 0.1) is 5.41 Å². The lowest BCUT2D eigenvalue weighted by Crippen LogP contribution is -2.26. The Hall–Kier alpha value is -1.03. The van der Waals surface area contributed by atoms with E-state index in [9.17, 15) is 9.59 Å². The summed E-state index contributed by atoms with van der Waals surface area (Å²) in [5, 5.41) is 8.68. The summed E-state index contributed by atoms with van der Waals surface area (Å²) in [5.41, 5.74) is 1.82. The topological polar surface area (TPSA) is 54.4 Å². The van der Waals surface area contributed by atoms with Crippen LogP contribution in [-0.4, -0.2) is 27.9 Å². The van der Waals surface area contributed by atoms with Gasteiger partial charge in [0, 0.05) is 17.2 Å². The number of carboxylic acid groups (broad SMARTS) is 1. The third-order valence-electron chi connectivity index (χ3n) is 3.31. The van der Waals surface area contributed by atoms with E-state index in [0.717, 1.165) is 17.6 Å². The molecule has 1 atom stereocenters. The number of carboxylic acids is 1. The van der Waals surface area contributed by atoms with E-state index in [2.05, 4.69) is 19.9 Å². The van der Waals surface area contributed by atoms with E-state index in [1.807, 2.05) is 19.9 Å². The summed E-state index contributed by atoms with van der Waals surface area (Å²) in [7, 11) is 0. The summed E-state index contributed by atoms with van der Waals surface area (Å²) in [6.07, 6.45) is 5.40. The van der Waals surface area contributed by atoms with Crippen LogP contribution in [-0.2, 0) is 9.59 Å². The molecule has 0 heterocycles. The first-order valence-corrected chi connectivity index (χ1v) is 7.53. The summed E-state index contributed by atoms with van der Waals surface area (Å²) >= 11 is 1.32. The smallest absolute Gasteiger partial charge is 0.313 e. The Balaban J connectivity index is 2.72. The Kier molecular flexibility index (Phi) is 5.41. The summed E-state index contributed by atoms with van der Waals surface area (Å²) in [6.45, 7) is 8.05. The van der Waals surface area contributed by atoms with Gasteiger partial charge in [-0.2, -0.15) is 0 Å². The third-order valence-corrected chi connectivity index (χ3v) is 4.46. The molecule has 3 nitrogen and oxygen atoms in total. The van der Waals surface area contributed by atoms with Gasteiger partial charge >= 0.3 is 5.97 Å². The number of carbonyl (C=O) groups is 2. The van der Waals surface area contributed by atoms with Crippen molar-refractivity contribution in [2.24, 2.45) is 5.41 Å². The van der Waals surface area contributed by atoms with Gasteiger partial charge in [0.15, 0.2) is 5.78 Å². The Labute approximate surface area is 119 Å². The molecule has 0 spiro atoms. The molecule has 1 aliphatic carbocycles. The molecule has 106 valence electrons. The van der Waals surface area contributed by atoms with Crippen molar-refractivity contribution in [3.63, 3.8) is 0 Å². The van der Waals surface area contributed by atoms with Crippen molar-refractivity contribution in [3.05, 3.63) is 23.3 Å². The van der Waals surface area contributed by atoms with Gasteiger partial charge in [-0.25, -0.2) is 0 Å². The first kappa shape index (κ1) is 16.0. The van der Waals surface area contributed by atoms with Gasteiger partial charge in [0.2, 0.25) is 0 Å². The largest absolute Gasteiger partial charge is 0.481 e. The predicted octanol–water partition coefficient (Wildman–Crippen LogP) is 3.45. The first-order valence-electron chi connectivity index (χ1n) is 6.48. The molecule has 1 aliphatic rings. The molecule has 0 aromatic rings. The van der Waals surface area contributed by atoms with Crippen molar-refractivity contribution in [1.29, 1.82) is 0 Å². The average molecular weight is 282 g/mol. The number of ketones is 1.